The van der Waals surface area contributed by atoms with E-state index in [1.165, 1.54) is 25.4 Å². The third-order valence-corrected chi connectivity index (χ3v) is 2.73. The highest BCUT2D eigenvalue weighted by atomic mass is 35.5. The molecule has 0 bridgehead atoms. The van der Waals surface area contributed by atoms with Crippen LogP contribution in [0.1, 0.15) is 5.56 Å². The maximum absolute atomic E-state index is 13.1. The van der Waals surface area contributed by atoms with Crippen LogP contribution in [0.5, 0.6) is 5.75 Å². The minimum Gasteiger partial charge on any atom is -0.496 e. The minimum absolute atomic E-state index is 0.293. The Kier molecular flexibility index (Phi) is 3.45. The monoisotopic (exact) mass is 262 g/mol. The molecule has 0 saturated heterocycles. The second-order valence-corrected chi connectivity index (χ2v) is 3.91. The number of aromatic nitrogens is 1. The van der Waals surface area contributed by atoms with E-state index in [9.17, 15) is 4.39 Å². The van der Waals surface area contributed by atoms with Gasteiger partial charge >= 0.3 is 0 Å². The molecule has 0 aliphatic heterocycles. The van der Waals surface area contributed by atoms with Gasteiger partial charge in [0.1, 0.15) is 17.6 Å². The lowest BCUT2D eigenvalue weighted by atomic mass is 10.1. The summed E-state index contributed by atoms with van der Waals surface area (Å²) in [6, 6.07) is 7.61. The lowest BCUT2D eigenvalue weighted by Gasteiger charge is -2.08. The molecule has 2 aromatic rings. The van der Waals surface area contributed by atoms with Gasteiger partial charge in [-0.15, -0.1) is 0 Å². The topological polar surface area (TPSA) is 45.9 Å². The van der Waals surface area contributed by atoms with Crippen LogP contribution in [0.3, 0.4) is 0 Å². The molecule has 0 spiro atoms. The Hall–Kier alpha value is -2.12. The molecular formula is C13H8ClFN2O. The van der Waals surface area contributed by atoms with Crippen LogP contribution >= 0.6 is 11.6 Å². The van der Waals surface area contributed by atoms with Gasteiger partial charge < -0.3 is 4.74 Å². The van der Waals surface area contributed by atoms with Crippen molar-refractivity contribution in [2.75, 3.05) is 7.11 Å². The predicted octanol–water partition coefficient (Wildman–Crippen LogP) is 3.42. The fourth-order valence-electron chi connectivity index (χ4n) is 1.54. The Morgan fingerprint density at radius 2 is 2.17 bits per heavy atom. The fourth-order valence-corrected chi connectivity index (χ4v) is 1.73. The molecule has 0 aliphatic carbocycles. The molecule has 0 aliphatic rings. The Labute approximate surface area is 108 Å². The van der Waals surface area contributed by atoms with Crippen molar-refractivity contribution >= 4 is 11.6 Å². The molecule has 18 heavy (non-hydrogen) atoms. The van der Waals surface area contributed by atoms with Crippen molar-refractivity contribution in [2.24, 2.45) is 0 Å². The van der Waals surface area contributed by atoms with Crippen molar-refractivity contribution in [3.8, 4) is 23.1 Å². The second kappa shape index (κ2) is 5.03. The highest BCUT2D eigenvalue weighted by Gasteiger charge is 2.10. The minimum atomic E-state index is -0.393. The molecule has 0 unspecified atom stereocenters. The van der Waals surface area contributed by atoms with Crippen molar-refractivity contribution in [3.63, 3.8) is 0 Å². The molecular weight excluding hydrogens is 255 g/mol. The number of halogens is 2. The van der Waals surface area contributed by atoms with E-state index in [1.54, 1.807) is 12.1 Å². The lowest BCUT2D eigenvalue weighted by molar-refractivity contribution is 0.413. The first-order valence-electron chi connectivity index (χ1n) is 5.05. The van der Waals surface area contributed by atoms with Gasteiger partial charge in [0.25, 0.3) is 0 Å². The van der Waals surface area contributed by atoms with Crippen LogP contribution in [0.2, 0.25) is 5.02 Å². The maximum Gasteiger partial charge on any atom is 0.131 e. The van der Waals surface area contributed by atoms with Crippen LogP contribution in [0.15, 0.2) is 30.5 Å². The number of nitrogens with zero attached hydrogens (tertiary/aromatic N) is 2. The van der Waals surface area contributed by atoms with Gasteiger partial charge in [-0.2, -0.15) is 5.26 Å². The fraction of sp³-hybridized carbons (Fsp3) is 0.0769. The van der Waals surface area contributed by atoms with Gasteiger partial charge in [-0.05, 0) is 18.2 Å². The second-order valence-electron chi connectivity index (χ2n) is 3.51. The highest BCUT2D eigenvalue weighted by molar-refractivity contribution is 6.31. The summed E-state index contributed by atoms with van der Waals surface area (Å²) in [6.45, 7) is 0. The number of methoxy groups -OCH3 is 1. The lowest BCUT2D eigenvalue weighted by Crippen LogP contribution is -1.92. The Morgan fingerprint density at radius 1 is 1.39 bits per heavy atom. The van der Waals surface area contributed by atoms with E-state index in [4.69, 9.17) is 21.6 Å². The molecule has 0 N–H and O–H groups in total. The van der Waals surface area contributed by atoms with E-state index >= 15 is 0 Å². The zero-order chi connectivity index (χ0) is 13.1. The SMILES string of the molecule is COc1cc(F)ccc1-c1cc(Cl)c(C#N)cn1. The Balaban J connectivity index is 2.56. The van der Waals surface area contributed by atoms with Gasteiger partial charge in [0.15, 0.2) is 0 Å². The zero-order valence-corrected chi connectivity index (χ0v) is 10.2. The molecule has 1 aromatic carbocycles. The summed E-state index contributed by atoms with van der Waals surface area (Å²) in [4.78, 5) is 4.11. The van der Waals surface area contributed by atoms with E-state index in [1.807, 2.05) is 6.07 Å². The molecule has 5 heteroatoms. The first-order valence-corrected chi connectivity index (χ1v) is 5.43. The molecule has 0 fully saturated rings. The van der Waals surface area contributed by atoms with Gasteiger partial charge in [-0.25, -0.2) is 4.39 Å². The van der Waals surface area contributed by atoms with Gasteiger partial charge in [-0.1, -0.05) is 11.6 Å². The predicted molar refractivity (Wildman–Crippen MR) is 65.9 cm³/mol. The van der Waals surface area contributed by atoms with Crippen molar-refractivity contribution < 1.29 is 9.13 Å². The van der Waals surface area contributed by atoms with Crippen molar-refractivity contribution in [1.29, 1.82) is 5.26 Å². The van der Waals surface area contributed by atoms with Gasteiger partial charge in [-0.3, -0.25) is 4.98 Å². The quantitative estimate of drug-likeness (QED) is 0.833. The first kappa shape index (κ1) is 12.3. The van der Waals surface area contributed by atoms with E-state index in [2.05, 4.69) is 4.98 Å². The molecule has 0 amide bonds. The molecule has 3 nitrogen and oxygen atoms in total. The number of nitriles is 1. The number of hydrogen-bond donors (Lipinski definition) is 0. The number of rotatable bonds is 2. The summed E-state index contributed by atoms with van der Waals surface area (Å²) in [5.41, 5.74) is 1.43. The summed E-state index contributed by atoms with van der Waals surface area (Å²) in [5, 5.41) is 9.07. The molecule has 1 aromatic heterocycles. The summed E-state index contributed by atoms with van der Waals surface area (Å²) in [7, 11) is 1.45. The van der Waals surface area contributed by atoms with Crippen LogP contribution < -0.4 is 4.74 Å². The van der Waals surface area contributed by atoms with E-state index in [-0.39, 0.29) is 0 Å². The summed E-state index contributed by atoms with van der Waals surface area (Å²) in [6.07, 6.45) is 1.38. The normalized spacial score (nSPS) is 9.89. The zero-order valence-electron chi connectivity index (χ0n) is 9.45. The molecule has 2 rings (SSSR count). The Morgan fingerprint density at radius 3 is 2.78 bits per heavy atom. The molecule has 0 atom stereocenters. The summed E-state index contributed by atoms with van der Waals surface area (Å²) >= 11 is 5.93. The molecule has 0 radical (unpaired) electrons. The highest BCUT2D eigenvalue weighted by Crippen LogP contribution is 2.31. The molecule has 0 saturated carbocycles. The Bertz CT molecular complexity index is 637. The van der Waals surface area contributed by atoms with Crippen LogP contribution in [-0.4, -0.2) is 12.1 Å². The number of ether oxygens (including phenoxy) is 1. The van der Waals surface area contributed by atoms with Crippen LogP contribution in [-0.2, 0) is 0 Å². The average molecular weight is 263 g/mol. The van der Waals surface area contributed by atoms with Crippen LogP contribution in [0.25, 0.3) is 11.3 Å². The number of hydrogen-bond acceptors (Lipinski definition) is 3. The number of pyridine rings is 1. The maximum atomic E-state index is 13.1. The largest absolute Gasteiger partial charge is 0.496 e. The standard InChI is InChI=1S/C13H8ClFN2O/c1-18-13-4-9(15)2-3-10(13)12-5-11(14)8(6-16)7-17-12/h2-5,7H,1H3. The van der Waals surface area contributed by atoms with E-state index < -0.39 is 5.82 Å². The van der Waals surface area contributed by atoms with Crippen molar-refractivity contribution in [1.82, 2.24) is 4.98 Å². The third kappa shape index (κ3) is 2.27. The van der Waals surface area contributed by atoms with Gasteiger partial charge in [0.05, 0.1) is 23.4 Å². The van der Waals surface area contributed by atoms with Crippen molar-refractivity contribution in [3.05, 3.63) is 46.9 Å². The number of benzene rings is 1. The molecule has 1 heterocycles. The smallest absolute Gasteiger partial charge is 0.131 e. The van der Waals surface area contributed by atoms with Gasteiger partial charge in [0, 0.05) is 17.8 Å². The van der Waals surface area contributed by atoms with Gasteiger partial charge in [0.2, 0.25) is 0 Å². The summed E-state index contributed by atoms with van der Waals surface area (Å²) in [5.74, 6) is -0.0291. The first-order chi connectivity index (χ1) is 8.65. The van der Waals surface area contributed by atoms with Crippen molar-refractivity contribution in [2.45, 2.75) is 0 Å². The molecule has 90 valence electrons. The summed E-state index contributed by atoms with van der Waals surface area (Å²) < 4.78 is 18.2. The van der Waals surface area contributed by atoms with E-state index in [0.717, 1.165) is 0 Å². The van der Waals surface area contributed by atoms with Crippen LogP contribution in [0, 0.1) is 17.1 Å². The average Bonchev–Trinajstić information content (AvgIpc) is 2.38. The third-order valence-electron chi connectivity index (χ3n) is 2.41. The van der Waals surface area contributed by atoms with E-state index in [0.29, 0.717) is 27.6 Å². The van der Waals surface area contributed by atoms with Crippen LogP contribution in [0.4, 0.5) is 4.39 Å².